The molecule has 0 unspecified atom stereocenters. The van der Waals surface area contributed by atoms with Gasteiger partial charge >= 0.3 is 15.5 Å². The van der Waals surface area contributed by atoms with Crippen molar-refractivity contribution in [2.45, 2.75) is 5.51 Å². The number of amides is 1. The molecule has 1 heterocycles. The van der Waals surface area contributed by atoms with Crippen molar-refractivity contribution < 1.29 is 31.6 Å². The number of halogens is 3. The van der Waals surface area contributed by atoms with Gasteiger partial charge in [0.15, 0.2) is 0 Å². The van der Waals surface area contributed by atoms with Crippen LogP contribution in [-0.4, -0.2) is 55.5 Å². The van der Waals surface area contributed by atoms with E-state index in [4.69, 9.17) is 5.21 Å². The highest BCUT2D eigenvalue weighted by atomic mass is 32.2. The van der Waals surface area contributed by atoms with Gasteiger partial charge in [-0.2, -0.15) is 17.5 Å². The monoisotopic (exact) mass is 353 g/mol. The zero-order valence-electron chi connectivity index (χ0n) is 11.7. The van der Waals surface area contributed by atoms with Gasteiger partial charge in [0.1, 0.15) is 0 Å². The third-order valence-electron chi connectivity index (χ3n) is 3.47. The highest BCUT2D eigenvalue weighted by Gasteiger charge is 2.50. The Hall–Kier alpha value is -1.85. The van der Waals surface area contributed by atoms with Crippen LogP contribution in [0.15, 0.2) is 24.3 Å². The molecule has 1 aliphatic heterocycles. The highest BCUT2D eigenvalue weighted by molar-refractivity contribution is 7.90. The first-order valence-electron chi connectivity index (χ1n) is 6.52. The number of hydrogen-bond acceptors (Lipinski definition) is 5. The standard InChI is InChI=1S/C12H14F3N3O4S/c13-12(14,15)23(21,22)18-7-5-17(6-8-18)10-3-1-9(2-4-10)11(19)16-20/h1-4,20H,5-8H2,(H,16,19). The zero-order chi connectivity index (χ0) is 17.3. The summed E-state index contributed by atoms with van der Waals surface area (Å²) in [5.74, 6) is -0.683. The smallest absolute Gasteiger partial charge is 0.369 e. The molecule has 1 fully saturated rings. The summed E-state index contributed by atoms with van der Waals surface area (Å²) in [5, 5.41) is 8.51. The van der Waals surface area contributed by atoms with Gasteiger partial charge < -0.3 is 4.90 Å². The van der Waals surface area contributed by atoms with Crippen LogP contribution in [0, 0.1) is 0 Å². The second kappa shape index (κ2) is 6.34. The van der Waals surface area contributed by atoms with Crippen LogP contribution in [0.1, 0.15) is 10.4 Å². The molecule has 0 bridgehead atoms. The first kappa shape index (κ1) is 17.5. The fourth-order valence-corrected chi connectivity index (χ4v) is 3.16. The molecule has 23 heavy (non-hydrogen) atoms. The summed E-state index contributed by atoms with van der Waals surface area (Å²) in [6, 6.07) is 6.02. The third kappa shape index (κ3) is 3.57. The van der Waals surface area contributed by atoms with E-state index in [1.165, 1.54) is 17.6 Å². The lowest BCUT2D eigenvalue weighted by Gasteiger charge is -2.35. The summed E-state index contributed by atoms with van der Waals surface area (Å²) >= 11 is 0. The van der Waals surface area contributed by atoms with Crippen LogP contribution in [0.3, 0.4) is 0 Å². The van der Waals surface area contributed by atoms with Crippen molar-refractivity contribution in [1.82, 2.24) is 9.79 Å². The fraction of sp³-hybridized carbons (Fsp3) is 0.417. The maximum Gasteiger partial charge on any atom is 0.511 e. The Morgan fingerprint density at radius 2 is 1.61 bits per heavy atom. The van der Waals surface area contributed by atoms with E-state index < -0.39 is 21.4 Å². The summed E-state index contributed by atoms with van der Waals surface area (Å²) < 4.78 is 60.5. The van der Waals surface area contributed by atoms with E-state index >= 15 is 0 Å². The van der Waals surface area contributed by atoms with E-state index in [1.54, 1.807) is 17.0 Å². The van der Waals surface area contributed by atoms with Gasteiger partial charge in [-0.1, -0.05) is 0 Å². The predicted molar refractivity (Wildman–Crippen MR) is 74.5 cm³/mol. The van der Waals surface area contributed by atoms with Gasteiger partial charge in [0.05, 0.1) is 0 Å². The average molecular weight is 353 g/mol. The summed E-state index contributed by atoms with van der Waals surface area (Å²) in [6.45, 7) is -0.358. The maximum absolute atomic E-state index is 12.5. The van der Waals surface area contributed by atoms with Gasteiger partial charge in [-0.25, -0.2) is 13.9 Å². The van der Waals surface area contributed by atoms with Gasteiger partial charge in [0.2, 0.25) is 0 Å². The Labute approximate surface area is 130 Å². The Bertz CT molecular complexity index is 668. The minimum Gasteiger partial charge on any atom is -0.369 e. The molecule has 2 rings (SSSR count). The molecule has 2 N–H and O–H groups in total. The second-order valence-electron chi connectivity index (χ2n) is 4.82. The largest absolute Gasteiger partial charge is 0.511 e. The summed E-state index contributed by atoms with van der Waals surface area (Å²) in [6.07, 6.45) is 0. The maximum atomic E-state index is 12.5. The van der Waals surface area contributed by atoms with Gasteiger partial charge in [-0.15, -0.1) is 0 Å². The molecule has 1 aromatic carbocycles. The third-order valence-corrected chi connectivity index (χ3v) is 5.10. The number of nitrogens with one attached hydrogen (secondary N) is 1. The van der Waals surface area contributed by atoms with E-state index in [0.29, 0.717) is 9.99 Å². The average Bonchev–Trinajstić information content (AvgIpc) is 2.53. The molecule has 1 amide bonds. The van der Waals surface area contributed by atoms with Crippen molar-refractivity contribution >= 4 is 21.6 Å². The van der Waals surface area contributed by atoms with Crippen LogP contribution in [0.5, 0.6) is 0 Å². The van der Waals surface area contributed by atoms with Crippen molar-refractivity contribution in [3.8, 4) is 0 Å². The Morgan fingerprint density at radius 3 is 2.04 bits per heavy atom. The van der Waals surface area contributed by atoms with E-state index in [1.807, 2.05) is 0 Å². The van der Waals surface area contributed by atoms with Crippen molar-refractivity contribution in [2.24, 2.45) is 0 Å². The number of anilines is 1. The van der Waals surface area contributed by atoms with Crippen LogP contribution in [0.25, 0.3) is 0 Å². The molecule has 0 atom stereocenters. The molecule has 0 radical (unpaired) electrons. The molecule has 0 aliphatic carbocycles. The summed E-state index contributed by atoms with van der Waals surface area (Å²) in [7, 11) is -5.30. The molecule has 7 nitrogen and oxygen atoms in total. The van der Waals surface area contributed by atoms with Crippen LogP contribution < -0.4 is 10.4 Å². The zero-order valence-corrected chi connectivity index (χ0v) is 12.6. The van der Waals surface area contributed by atoms with E-state index in [0.717, 1.165) is 0 Å². The van der Waals surface area contributed by atoms with E-state index in [2.05, 4.69) is 0 Å². The van der Waals surface area contributed by atoms with Gasteiger partial charge in [0, 0.05) is 37.4 Å². The highest BCUT2D eigenvalue weighted by Crippen LogP contribution is 2.28. The second-order valence-corrected chi connectivity index (χ2v) is 6.75. The first-order valence-corrected chi connectivity index (χ1v) is 7.96. The van der Waals surface area contributed by atoms with Crippen LogP contribution in [0.4, 0.5) is 18.9 Å². The SMILES string of the molecule is O=C(NO)c1ccc(N2CCN(S(=O)(=O)C(F)(F)F)CC2)cc1. The number of hydroxylamine groups is 1. The topological polar surface area (TPSA) is 89.9 Å². The quantitative estimate of drug-likeness (QED) is 0.619. The Kier molecular flexibility index (Phi) is 4.82. The van der Waals surface area contributed by atoms with Crippen LogP contribution in [0.2, 0.25) is 0 Å². The number of hydrogen-bond donors (Lipinski definition) is 2. The molecule has 128 valence electrons. The first-order chi connectivity index (χ1) is 10.7. The fourth-order valence-electron chi connectivity index (χ4n) is 2.22. The number of sulfonamides is 1. The molecule has 0 saturated carbocycles. The number of alkyl halides is 3. The van der Waals surface area contributed by atoms with Crippen molar-refractivity contribution in [3.05, 3.63) is 29.8 Å². The number of benzene rings is 1. The summed E-state index contributed by atoms with van der Waals surface area (Å²) in [4.78, 5) is 12.9. The Balaban J connectivity index is 2.04. The lowest BCUT2D eigenvalue weighted by Crippen LogP contribution is -2.52. The normalized spacial score (nSPS) is 17.1. The molecule has 0 spiro atoms. The number of carbonyl (C=O) groups excluding carboxylic acids is 1. The minimum absolute atomic E-state index is 0.0981. The molecule has 1 aromatic rings. The Morgan fingerprint density at radius 1 is 1.09 bits per heavy atom. The van der Waals surface area contributed by atoms with Crippen molar-refractivity contribution in [2.75, 3.05) is 31.1 Å². The van der Waals surface area contributed by atoms with Crippen LogP contribution in [-0.2, 0) is 10.0 Å². The van der Waals surface area contributed by atoms with E-state index in [-0.39, 0.29) is 31.7 Å². The van der Waals surface area contributed by atoms with Crippen molar-refractivity contribution in [3.63, 3.8) is 0 Å². The number of piperazine rings is 1. The molecular formula is C12H14F3N3O4S. The van der Waals surface area contributed by atoms with E-state index in [9.17, 15) is 26.4 Å². The molecular weight excluding hydrogens is 339 g/mol. The molecule has 0 aromatic heterocycles. The molecule has 11 heteroatoms. The molecule has 1 aliphatic rings. The van der Waals surface area contributed by atoms with Gasteiger partial charge in [-0.05, 0) is 24.3 Å². The lowest BCUT2D eigenvalue weighted by molar-refractivity contribution is -0.0490. The number of nitrogens with zero attached hydrogens (tertiary/aromatic N) is 2. The lowest BCUT2D eigenvalue weighted by atomic mass is 10.2. The minimum atomic E-state index is -5.30. The number of carbonyl (C=O) groups is 1. The van der Waals surface area contributed by atoms with Crippen LogP contribution >= 0.6 is 0 Å². The molecule has 1 saturated heterocycles. The van der Waals surface area contributed by atoms with Crippen molar-refractivity contribution in [1.29, 1.82) is 0 Å². The summed E-state index contributed by atoms with van der Waals surface area (Å²) in [5.41, 5.74) is -2.95. The predicted octanol–water partition coefficient (Wildman–Crippen LogP) is 0.777. The van der Waals surface area contributed by atoms with Gasteiger partial charge in [-0.3, -0.25) is 10.0 Å². The van der Waals surface area contributed by atoms with Gasteiger partial charge in [0.25, 0.3) is 5.91 Å². The number of rotatable bonds is 3.